The fourth-order valence-corrected chi connectivity index (χ4v) is 3.02. The zero-order chi connectivity index (χ0) is 20.8. The van der Waals surface area contributed by atoms with Gasteiger partial charge in [-0.15, -0.1) is 0 Å². The van der Waals surface area contributed by atoms with Gasteiger partial charge in [0.05, 0.1) is 22.5 Å². The third-order valence-corrected chi connectivity index (χ3v) is 4.30. The number of hydrogen-bond donors (Lipinski definition) is 3. The number of hydrogen-bond acceptors (Lipinski definition) is 6. The minimum atomic E-state index is -4.40. The molecule has 0 amide bonds. The lowest BCUT2D eigenvalue weighted by molar-refractivity contribution is -0.137. The lowest BCUT2D eigenvalue weighted by Gasteiger charge is -2.10. The second-order valence-corrected chi connectivity index (χ2v) is 6.45. The van der Waals surface area contributed by atoms with Crippen molar-refractivity contribution in [2.75, 3.05) is 16.8 Å². The second-order valence-electron chi connectivity index (χ2n) is 6.45. The summed E-state index contributed by atoms with van der Waals surface area (Å²) in [5.41, 5.74) is 14.8. The third kappa shape index (κ3) is 3.64. The highest BCUT2D eigenvalue weighted by Crippen LogP contribution is 2.32. The molecule has 0 aliphatic carbocycles. The molecule has 0 saturated heterocycles. The molecule has 0 fully saturated rings. The van der Waals surface area contributed by atoms with Crippen LogP contribution in [0.1, 0.15) is 11.3 Å². The van der Waals surface area contributed by atoms with E-state index in [0.29, 0.717) is 22.8 Å². The molecule has 7 nitrogen and oxygen atoms in total. The van der Waals surface area contributed by atoms with E-state index in [1.54, 1.807) is 28.9 Å². The smallest absolute Gasteiger partial charge is 0.399 e. The van der Waals surface area contributed by atoms with Gasteiger partial charge in [0, 0.05) is 29.2 Å². The normalized spacial score (nSPS) is 11.7. The summed E-state index contributed by atoms with van der Waals surface area (Å²) in [5, 5.41) is 7.32. The lowest BCUT2D eigenvalue weighted by atomic mass is 10.1. The van der Waals surface area contributed by atoms with Crippen LogP contribution in [0.4, 0.5) is 36.3 Å². The maximum atomic E-state index is 12.7. The predicted molar refractivity (Wildman–Crippen MR) is 105 cm³/mol. The molecule has 5 N–H and O–H groups in total. The van der Waals surface area contributed by atoms with E-state index in [9.17, 15) is 13.2 Å². The number of aromatic nitrogens is 4. The Morgan fingerprint density at radius 3 is 2.41 bits per heavy atom. The summed E-state index contributed by atoms with van der Waals surface area (Å²) in [6.45, 7) is 1.83. The van der Waals surface area contributed by atoms with Crippen LogP contribution >= 0.6 is 0 Å². The van der Waals surface area contributed by atoms with E-state index < -0.39 is 11.7 Å². The van der Waals surface area contributed by atoms with Crippen LogP contribution < -0.4 is 16.8 Å². The molecule has 4 rings (SSSR count). The molecule has 10 heteroatoms. The minimum absolute atomic E-state index is 0.155. The Morgan fingerprint density at radius 2 is 1.72 bits per heavy atom. The maximum absolute atomic E-state index is 12.7. The summed E-state index contributed by atoms with van der Waals surface area (Å²) in [4.78, 5) is 8.58. The molecule has 0 aliphatic heterocycles. The first-order valence-electron chi connectivity index (χ1n) is 8.54. The van der Waals surface area contributed by atoms with E-state index >= 15 is 0 Å². The Hall–Kier alpha value is -3.82. The zero-order valence-corrected chi connectivity index (χ0v) is 15.2. The van der Waals surface area contributed by atoms with Crippen LogP contribution in [0, 0.1) is 6.92 Å². The molecule has 29 heavy (non-hydrogen) atoms. The number of fused-ring (bicyclic) bond motifs is 1. The molecular weight excluding hydrogens is 383 g/mol. The summed E-state index contributed by atoms with van der Waals surface area (Å²) in [5.74, 6) is 0.356. The molecule has 148 valence electrons. The largest absolute Gasteiger partial charge is 0.416 e. The van der Waals surface area contributed by atoms with Crippen LogP contribution in [0.15, 0.2) is 48.7 Å². The van der Waals surface area contributed by atoms with Crippen molar-refractivity contribution < 1.29 is 13.2 Å². The topological polar surface area (TPSA) is 107 Å². The fraction of sp³-hybridized carbons (Fsp3) is 0.105. The molecule has 3 aromatic heterocycles. The van der Waals surface area contributed by atoms with Gasteiger partial charge in [-0.05, 0) is 43.3 Å². The van der Waals surface area contributed by atoms with E-state index in [4.69, 9.17) is 11.5 Å². The van der Waals surface area contributed by atoms with E-state index in [1.165, 1.54) is 12.1 Å². The number of nitrogen functional groups attached to an aromatic ring is 2. The monoisotopic (exact) mass is 399 g/mol. The molecule has 0 bridgehead atoms. The van der Waals surface area contributed by atoms with Gasteiger partial charge in [-0.1, -0.05) is 0 Å². The highest BCUT2D eigenvalue weighted by molar-refractivity contribution is 5.83. The molecule has 0 radical (unpaired) electrons. The maximum Gasteiger partial charge on any atom is 0.416 e. The first-order chi connectivity index (χ1) is 13.7. The first kappa shape index (κ1) is 18.5. The van der Waals surface area contributed by atoms with Gasteiger partial charge in [0.2, 0.25) is 5.95 Å². The van der Waals surface area contributed by atoms with Gasteiger partial charge < -0.3 is 16.8 Å². The van der Waals surface area contributed by atoms with Crippen LogP contribution in [0.3, 0.4) is 0 Å². The number of nitrogens with two attached hydrogens (primary N) is 2. The van der Waals surface area contributed by atoms with Crippen LogP contribution in [-0.4, -0.2) is 19.6 Å². The van der Waals surface area contributed by atoms with Gasteiger partial charge in [0.25, 0.3) is 0 Å². The summed E-state index contributed by atoms with van der Waals surface area (Å²) in [6, 6.07) is 9.67. The van der Waals surface area contributed by atoms with Crippen molar-refractivity contribution in [3.63, 3.8) is 0 Å². The number of anilines is 4. The highest BCUT2D eigenvalue weighted by Gasteiger charge is 2.30. The Bertz CT molecular complexity index is 1200. The third-order valence-electron chi connectivity index (χ3n) is 4.30. The zero-order valence-electron chi connectivity index (χ0n) is 15.2. The van der Waals surface area contributed by atoms with E-state index in [1.807, 2.05) is 6.92 Å². The lowest BCUT2D eigenvalue weighted by Crippen LogP contribution is -2.05. The SMILES string of the molecule is Cc1nn2ccc(N)cc2c1-c1cc(N)nc(Nc2ccc(C(F)(F)F)cc2)n1. The number of alkyl halides is 3. The average Bonchev–Trinajstić information content (AvgIpc) is 2.96. The molecule has 0 saturated carbocycles. The average molecular weight is 399 g/mol. The Morgan fingerprint density at radius 1 is 1.00 bits per heavy atom. The van der Waals surface area contributed by atoms with Crippen LogP contribution in [0.25, 0.3) is 16.8 Å². The van der Waals surface area contributed by atoms with Gasteiger partial charge in [0.1, 0.15) is 5.82 Å². The Balaban J connectivity index is 1.72. The molecule has 1 aromatic carbocycles. The van der Waals surface area contributed by atoms with Crippen LogP contribution in [0.5, 0.6) is 0 Å². The van der Waals surface area contributed by atoms with Gasteiger partial charge in [0.15, 0.2) is 0 Å². The van der Waals surface area contributed by atoms with Crippen molar-refractivity contribution in [3.05, 3.63) is 59.9 Å². The molecule has 4 aromatic rings. The van der Waals surface area contributed by atoms with Crippen molar-refractivity contribution in [1.29, 1.82) is 0 Å². The van der Waals surface area contributed by atoms with Crippen molar-refractivity contribution in [3.8, 4) is 11.3 Å². The molecular formula is C19H16F3N7. The molecule has 0 atom stereocenters. The molecule has 0 spiro atoms. The minimum Gasteiger partial charge on any atom is -0.399 e. The predicted octanol–water partition coefficient (Wildman–Crippen LogP) is 4.03. The van der Waals surface area contributed by atoms with Gasteiger partial charge >= 0.3 is 6.18 Å². The fourth-order valence-electron chi connectivity index (χ4n) is 3.02. The number of halogens is 3. The second kappa shape index (κ2) is 6.66. The quantitative estimate of drug-likeness (QED) is 0.480. The number of benzene rings is 1. The number of aryl methyl sites for hydroxylation is 1. The summed E-state index contributed by atoms with van der Waals surface area (Å²) < 4.78 is 39.9. The van der Waals surface area contributed by atoms with Crippen molar-refractivity contribution in [2.24, 2.45) is 0 Å². The van der Waals surface area contributed by atoms with Gasteiger partial charge in [-0.25, -0.2) is 9.50 Å². The number of nitrogens with zero attached hydrogens (tertiary/aromatic N) is 4. The number of rotatable bonds is 3. The standard InChI is InChI=1S/C19H16F3N7/c1-10-17(15-8-12(23)6-7-29(15)28-10)14-9-16(24)27-18(26-14)25-13-4-2-11(3-5-13)19(20,21)22/h2-9H,23H2,1H3,(H3,24,25,26,27). The van der Waals surface area contributed by atoms with Crippen LogP contribution in [0.2, 0.25) is 0 Å². The number of pyridine rings is 1. The molecule has 0 unspecified atom stereocenters. The molecule has 3 heterocycles. The highest BCUT2D eigenvalue weighted by atomic mass is 19.4. The van der Waals surface area contributed by atoms with E-state index in [2.05, 4.69) is 20.4 Å². The summed E-state index contributed by atoms with van der Waals surface area (Å²) in [6.07, 6.45) is -2.66. The summed E-state index contributed by atoms with van der Waals surface area (Å²) in [7, 11) is 0. The van der Waals surface area contributed by atoms with Crippen molar-refractivity contribution in [2.45, 2.75) is 13.1 Å². The Labute approximate surface area is 163 Å². The van der Waals surface area contributed by atoms with Crippen molar-refractivity contribution in [1.82, 2.24) is 19.6 Å². The first-order valence-corrected chi connectivity index (χ1v) is 8.54. The van der Waals surface area contributed by atoms with Crippen molar-refractivity contribution >= 4 is 28.7 Å². The van der Waals surface area contributed by atoms with Gasteiger partial charge in [-0.3, -0.25) is 0 Å². The van der Waals surface area contributed by atoms with E-state index in [0.717, 1.165) is 23.2 Å². The number of nitrogens with one attached hydrogen (secondary N) is 1. The van der Waals surface area contributed by atoms with Gasteiger partial charge in [-0.2, -0.15) is 23.3 Å². The van der Waals surface area contributed by atoms with E-state index in [-0.39, 0.29) is 11.8 Å². The van der Waals surface area contributed by atoms with Crippen LogP contribution in [-0.2, 0) is 6.18 Å². The Kier molecular flexibility index (Phi) is 4.26. The summed E-state index contributed by atoms with van der Waals surface area (Å²) >= 11 is 0. The molecule has 0 aliphatic rings.